The summed E-state index contributed by atoms with van der Waals surface area (Å²) in [6.07, 6.45) is 1.65. The van der Waals surface area contributed by atoms with Crippen LogP contribution in [-0.4, -0.2) is 20.9 Å². The summed E-state index contributed by atoms with van der Waals surface area (Å²) in [7, 11) is 0. The summed E-state index contributed by atoms with van der Waals surface area (Å²) in [4.78, 5) is 25.7. The molecule has 4 nitrogen and oxygen atoms in total. The predicted octanol–water partition coefficient (Wildman–Crippen LogP) is 5.47. The lowest BCUT2D eigenvalue weighted by Crippen LogP contribution is -2.18. The molecular formula is C23H16N2O2. The molecule has 0 aliphatic carbocycles. The van der Waals surface area contributed by atoms with Gasteiger partial charge in [0.1, 0.15) is 0 Å². The lowest BCUT2D eigenvalue weighted by atomic mass is 10.1. The molecule has 0 N–H and O–H groups in total. The van der Waals surface area contributed by atoms with Gasteiger partial charge >= 0.3 is 6.03 Å². The monoisotopic (exact) mass is 352 g/mol. The van der Waals surface area contributed by atoms with E-state index in [0.29, 0.717) is 5.56 Å². The van der Waals surface area contributed by atoms with Crippen LogP contribution in [-0.2, 0) is 0 Å². The number of nitrogens with zero attached hydrogens (tertiary/aromatic N) is 2. The van der Waals surface area contributed by atoms with Crippen molar-refractivity contribution in [3.8, 4) is 0 Å². The molecule has 5 aromatic rings. The quantitative estimate of drug-likeness (QED) is 0.376. The van der Waals surface area contributed by atoms with E-state index in [2.05, 4.69) is 0 Å². The smallest absolute Gasteiger partial charge is 0.294 e. The summed E-state index contributed by atoms with van der Waals surface area (Å²) in [5.41, 5.74) is 2.99. The summed E-state index contributed by atoms with van der Waals surface area (Å²) in [5, 5.41) is 2.86. The highest BCUT2D eigenvalue weighted by molar-refractivity contribution is 6.15. The van der Waals surface area contributed by atoms with Crippen LogP contribution in [0.25, 0.3) is 32.7 Å². The Morgan fingerprint density at radius 2 is 1.15 bits per heavy atom. The molecular weight excluding hydrogens is 336 g/mol. The fraction of sp³-hybridized carbons (Fsp3) is 0.0435. The van der Waals surface area contributed by atoms with Crippen LogP contribution in [0, 0.1) is 0 Å². The van der Waals surface area contributed by atoms with E-state index >= 15 is 0 Å². The molecule has 3 aromatic carbocycles. The van der Waals surface area contributed by atoms with Gasteiger partial charge in [0.2, 0.25) is 0 Å². The number of benzene rings is 3. The summed E-state index contributed by atoms with van der Waals surface area (Å²) in [6.45, 7) is 1.52. The van der Waals surface area contributed by atoms with E-state index in [0.717, 1.165) is 32.7 Å². The number of hydrogen-bond donors (Lipinski definition) is 0. The van der Waals surface area contributed by atoms with E-state index in [1.165, 1.54) is 6.92 Å². The van der Waals surface area contributed by atoms with Crippen molar-refractivity contribution in [2.24, 2.45) is 0 Å². The van der Waals surface area contributed by atoms with E-state index < -0.39 is 0 Å². The van der Waals surface area contributed by atoms with Crippen molar-refractivity contribution in [3.05, 3.63) is 84.6 Å². The van der Waals surface area contributed by atoms with Crippen molar-refractivity contribution in [1.82, 2.24) is 9.13 Å². The van der Waals surface area contributed by atoms with Crippen LogP contribution in [0.15, 0.2) is 79.0 Å². The van der Waals surface area contributed by atoms with Crippen molar-refractivity contribution in [3.63, 3.8) is 0 Å². The predicted molar refractivity (Wildman–Crippen MR) is 108 cm³/mol. The molecule has 130 valence electrons. The molecule has 0 atom stereocenters. The van der Waals surface area contributed by atoms with Gasteiger partial charge in [0.15, 0.2) is 5.78 Å². The number of fused-ring (bicyclic) bond motifs is 4. The van der Waals surface area contributed by atoms with Gasteiger partial charge in [0.25, 0.3) is 0 Å². The highest BCUT2D eigenvalue weighted by Crippen LogP contribution is 2.30. The van der Waals surface area contributed by atoms with Gasteiger partial charge < -0.3 is 0 Å². The highest BCUT2D eigenvalue weighted by atomic mass is 16.2. The first kappa shape index (κ1) is 15.6. The second-order valence-electron chi connectivity index (χ2n) is 6.64. The summed E-state index contributed by atoms with van der Waals surface area (Å²) in [5.74, 6) is -0.0556. The number of carbonyl (C=O) groups excluding carboxylic acids is 2. The molecule has 0 amide bonds. The van der Waals surface area contributed by atoms with Crippen LogP contribution in [0.3, 0.4) is 0 Å². The number of rotatable bonds is 1. The first-order valence-corrected chi connectivity index (χ1v) is 8.81. The van der Waals surface area contributed by atoms with E-state index in [4.69, 9.17) is 0 Å². The van der Waals surface area contributed by atoms with Gasteiger partial charge in [-0.25, -0.2) is 4.79 Å². The number of para-hydroxylation sites is 3. The number of aromatic nitrogens is 2. The SMILES string of the molecule is CC(=O)c1cn(C(=O)n2c3ccccc3c3ccccc32)c2ccccc12. The zero-order chi connectivity index (χ0) is 18.5. The fourth-order valence-electron chi connectivity index (χ4n) is 3.85. The molecule has 0 radical (unpaired) electrons. The summed E-state index contributed by atoms with van der Waals surface area (Å²) < 4.78 is 3.30. The Morgan fingerprint density at radius 1 is 0.667 bits per heavy atom. The van der Waals surface area contributed by atoms with Crippen LogP contribution >= 0.6 is 0 Å². The van der Waals surface area contributed by atoms with Crippen LogP contribution < -0.4 is 0 Å². The zero-order valence-electron chi connectivity index (χ0n) is 14.7. The molecule has 0 aliphatic rings. The topological polar surface area (TPSA) is 44.0 Å². The lowest BCUT2D eigenvalue weighted by Gasteiger charge is -2.08. The molecule has 0 saturated carbocycles. The molecule has 2 heterocycles. The minimum atomic E-state index is -0.198. The van der Waals surface area contributed by atoms with E-state index in [1.807, 2.05) is 72.8 Å². The standard InChI is InChI=1S/C23H16N2O2/c1-15(26)19-14-24(20-11-5-2-10-18(19)20)23(27)25-21-12-6-3-8-16(21)17-9-4-7-13-22(17)25/h2-14H,1H3. The van der Waals surface area contributed by atoms with Crippen molar-refractivity contribution in [1.29, 1.82) is 0 Å². The number of hydrogen-bond acceptors (Lipinski definition) is 2. The van der Waals surface area contributed by atoms with Crippen molar-refractivity contribution in [2.45, 2.75) is 6.92 Å². The molecule has 0 unspecified atom stereocenters. The largest absolute Gasteiger partial charge is 0.337 e. The Kier molecular flexibility index (Phi) is 3.28. The molecule has 0 fully saturated rings. The van der Waals surface area contributed by atoms with Crippen molar-refractivity contribution < 1.29 is 9.59 Å². The first-order chi connectivity index (χ1) is 13.2. The molecule has 2 aromatic heterocycles. The molecule has 0 aliphatic heterocycles. The minimum absolute atomic E-state index is 0.0556. The van der Waals surface area contributed by atoms with Gasteiger partial charge in [-0.1, -0.05) is 54.6 Å². The van der Waals surface area contributed by atoms with Crippen molar-refractivity contribution >= 4 is 44.5 Å². The maximum Gasteiger partial charge on any atom is 0.337 e. The van der Waals surface area contributed by atoms with Gasteiger partial charge in [-0.05, 0) is 25.1 Å². The Hall–Kier alpha value is -3.66. The first-order valence-electron chi connectivity index (χ1n) is 8.81. The second kappa shape index (κ2) is 5.68. The fourth-order valence-corrected chi connectivity index (χ4v) is 3.85. The van der Waals surface area contributed by atoms with Gasteiger partial charge in [-0.2, -0.15) is 0 Å². The third-order valence-corrected chi connectivity index (χ3v) is 5.07. The number of Topliss-reactive ketones (excluding diaryl/α,β-unsaturated/α-hetero) is 1. The Labute approximate surface area is 155 Å². The average Bonchev–Trinajstić information content (AvgIpc) is 3.24. The molecule has 0 bridgehead atoms. The van der Waals surface area contributed by atoms with Crippen LogP contribution in [0.5, 0.6) is 0 Å². The lowest BCUT2D eigenvalue weighted by molar-refractivity contribution is 0.101. The minimum Gasteiger partial charge on any atom is -0.294 e. The third kappa shape index (κ3) is 2.16. The second-order valence-corrected chi connectivity index (χ2v) is 6.64. The maximum atomic E-state index is 13.6. The molecule has 4 heteroatoms. The molecule has 0 spiro atoms. The van der Waals surface area contributed by atoms with Gasteiger partial charge in [-0.3, -0.25) is 13.9 Å². The zero-order valence-corrected chi connectivity index (χ0v) is 14.7. The van der Waals surface area contributed by atoms with Crippen LogP contribution in [0.4, 0.5) is 4.79 Å². The van der Waals surface area contributed by atoms with Crippen LogP contribution in [0.1, 0.15) is 17.3 Å². The van der Waals surface area contributed by atoms with Crippen LogP contribution in [0.2, 0.25) is 0 Å². The summed E-state index contributed by atoms with van der Waals surface area (Å²) in [6, 6.07) is 23.1. The Balaban J connectivity index is 1.85. The Morgan fingerprint density at radius 3 is 1.70 bits per heavy atom. The average molecular weight is 352 g/mol. The molecule has 5 rings (SSSR count). The molecule has 27 heavy (non-hydrogen) atoms. The number of carbonyl (C=O) groups is 2. The number of ketones is 1. The highest BCUT2D eigenvalue weighted by Gasteiger charge is 2.20. The van der Waals surface area contributed by atoms with Gasteiger partial charge in [-0.15, -0.1) is 0 Å². The van der Waals surface area contributed by atoms with E-state index in [1.54, 1.807) is 15.3 Å². The maximum absolute atomic E-state index is 13.6. The Bertz CT molecular complexity index is 1320. The van der Waals surface area contributed by atoms with Gasteiger partial charge in [0.05, 0.1) is 16.6 Å². The van der Waals surface area contributed by atoms with Crippen molar-refractivity contribution in [2.75, 3.05) is 0 Å². The van der Waals surface area contributed by atoms with Gasteiger partial charge in [0, 0.05) is 27.9 Å². The van der Waals surface area contributed by atoms with E-state index in [9.17, 15) is 9.59 Å². The normalized spacial score (nSPS) is 11.4. The third-order valence-electron chi connectivity index (χ3n) is 5.07. The van der Waals surface area contributed by atoms with E-state index in [-0.39, 0.29) is 11.8 Å². The molecule has 0 saturated heterocycles. The summed E-state index contributed by atoms with van der Waals surface area (Å²) >= 11 is 0.